The number of ether oxygens (including phenoxy) is 4. The molecular weight excluding hydrogens is 450 g/mol. The van der Waals surface area contributed by atoms with Crippen molar-refractivity contribution in [3.8, 4) is 17.2 Å². The highest BCUT2D eigenvalue weighted by molar-refractivity contribution is 7.09. The zero-order chi connectivity index (χ0) is 23.8. The van der Waals surface area contributed by atoms with Crippen LogP contribution < -0.4 is 14.2 Å². The van der Waals surface area contributed by atoms with Crippen molar-refractivity contribution in [2.24, 2.45) is 0 Å². The summed E-state index contributed by atoms with van der Waals surface area (Å²) in [5, 5.41) is 2.08. The Labute approximate surface area is 205 Å². The smallest absolute Gasteiger partial charge is 0.258 e. The van der Waals surface area contributed by atoms with Gasteiger partial charge in [-0.1, -0.05) is 18.2 Å². The van der Waals surface area contributed by atoms with E-state index in [1.165, 1.54) is 4.88 Å². The van der Waals surface area contributed by atoms with Gasteiger partial charge in [-0.3, -0.25) is 4.79 Å². The van der Waals surface area contributed by atoms with Gasteiger partial charge in [0.1, 0.15) is 17.2 Å². The van der Waals surface area contributed by atoms with Gasteiger partial charge in [-0.2, -0.15) is 0 Å². The summed E-state index contributed by atoms with van der Waals surface area (Å²) < 4.78 is 22.6. The quantitative estimate of drug-likeness (QED) is 0.376. The lowest BCUT2D eigenvalue weighted by atomic mass is 10.1. The Morgan fingerprint density at radius 1 is 1.09 bits per heavy atom. The van der Waals surface area contributed by atoms with E-state index in [0.717, 1.165) is 37.2 Å². The standard InChI is InChI=1S/C27H31NO5S/c1-30-21-10-11-25(26(17-21)31-2)27(29)28(19-23-8-4-13-32-23)18-20-6-3-7-22(16-20)33-14-12-24-9-5-15-34-24/h3,5-7,9-11,15-17,23H,4,8,12-14,18-19H2,1-2H3/t23-/m0/s1. The zero-order valence-corrected chi connectivity index (χ0v) is 20.5. The summed E-state index contributed by atoms with van der Waals surface area (Å²) in [5.74, 6) is 1.85. The van der Waals surface area contributed by atoms with E-state index in [2.05, 4.69) is 17.5 Å². The number of carbonyl (C=O) groups excluding carboxylic acids is 1. The topological polar surface area (TPSA) is 57.2 Å². The molecule has 0 unspecified atom stereocenters. The maximum atomic E-state index is 13.6. The normalized spacial score (nSPS) is 15.2. The Balaban J connectivity index is 1.49. The van der Waals surface area contributed by atoms with Crippen molar-refractivity contribution >= 4 is 17.2 Å². The second kappa shape index (κ2) is 11.9. The highest BCUT2D eigenvalue weighted by Crippen LogP contribution is 2.27. The number of thiophene rings is 1. The average molecular weight is 482 g/mol. The largest absolute Gasteiger partial charge is 0.497 e. The molecule has 1 amide bonds. The first-order valence-electron chi connectivity index (χ1n) is 11.5. The molecule has 2 aromatic carbocycles. The third kappa shape index (κ3) is 6.30. The van der Waals surface area contributed by atoms with Crippen LogP contribution in [0.3, 0.4) is 0 Å². The van der Waals surface area contributed by atoms with E-state index in [4.69, 9.17) is 18.9 Å². The molecule has 7 heteroatoms. The van der Waals surface area contributed by atoms with Gasteiger partial charge in [0.2, 0.25) is 0 Å². The number of nitrogens with zero attached hydrogens (tertiary/aromatic N) is 1. The number of hydrogen-bond acceptors (Lipinski definition) is 6. The molecule has 0 radical (unpaired) electrons. The number of carbonyl (C=O) groups is 1. The van der Waals surface area contributed by atoms with Crippen molar-refractivity contribution in [1.29, 1.82) is 0 Å². The Morgan fingerprint density at radius 2 is 2.00 bits per heavy atom. The molecule has 1 fully saturated rings. The predicted molar refractivity (Wildman–Crippen MR) is 133 cm³/mol. The molecule has 0 saturated carbocycles. The first-order chi connectivity index (χ1) is 16.7. The molecule has 1 aliphatic rings. The van der Waals surface area contributed by atoms with E-state index in [1.807, 2.05) is 29.2 Å². The molecule has 0 spiro atoms. The second-order valence-electron chi connectivity index (χ2n) is 8.21. The number of amides is 1. The monoisotopic (exact) mass is 481 g/mol. The molecule has 3 aromatic rings. The Hall–Kier alpha value is -3.03. The molecule has 34 heavy (non-hydrogen) atoms. The molecule has 1 aliphatic heterocycles. The SMILES string of the molecule is COc1ccc(C(=O)N(Cc2cccc(OCCc3cccs3)c2)C[C@@H]2CCCO2)c(OC)c1. The van der Waals surface area contributed by atoms with Crippen LogP contribution in [0.1, 0.15) is 33.6 Å². The number of rotatable bonds is 11. The minimum absolute atomic E-state index is 0.0402. The third-order valence-electron chi connectivity index (χ3n) is 5.84. The highest BCUT2D eigenvalue weighted by atomic mass is 32.1. The van der Waals surface area contributed by atoms with Gasteiger partial charge >= 0.3 is 0 Å². The maximum Gasteiger partial charge on any atom is 0.258 e. The van der Waals surface area contributed by atoms with Gasteiger partial charge in [-0.15, -0.1) is 11.3 Å². The van der Waals surface area contributed by atoms with Crippen molar-refractivity contribution in [1.82, 2.24) is 4.90 Å². The fraction of sp³-hybridized carbons (Fsp3) is 0.370. The van der Waals surface area contributed by atoms with E-state index >= 15 is 0 Å². The van der Waals surface area contributed by atoms with Crippen LogP contribution in [-0.2, 0) is 17.7 Å². The second-order valence-corrected chi connectivity index (χ2v) is 9.24. The zero-order valence-electron chi connectivity index (χ0n) is 19.7. The van der Waals surface area contributed by atoms with Crippen LogP contribution in [0.25, 0.3) is 0 Å². The van der Waals surface area contributed by atoms with E-state index in [-0.39, 0.29) is 12.0 Å². The number of methoxy groups -OCH3 is 2. The van der Waals surface area contributed by atoms with Gasteiger partial charge in [0, 0.05) is 37.1 Å². The summed E-state index contributed by atoms with van der Waals surface area (Å²) in [5.41, 5.74) is 1.51. The number of benzene rings is 2. The van der Waals surface area contributed by atoms with Crippen LogP contribution in [-0.4, -0.2) is 50.9 Å². The van der Waals surface area contributed by atoms with Crippen molar-refractivity contribution in [3.05, 3.63) is 76.0 Å². The van der Waals surface area contributed by atoms with Gasteiger partial charge < -0.3 is 23.8 Å². The van der Waals surface area contributed by atoms with E-state index in [9.17, 15) is 4.79 Å². The molecular formula is C27H31NO5S. The molecule has 1 saturated heterocycles. The van der Waals surface area contributed by atoms with Crippen LogP contribution in [0.4, 0.5) is 0 Å². The lowest BCUT2D eigenvalue weighted by Gasteiger charge is -2.26. The summed E-state index contributed by atoms with van der Waals surface area (Å²) in [6, 6.07) is 17.4. The summed E-state index contributed by atoms with van der Waals surface area (Å²) in [4.78, 5) is 16.8. The van der Waals surface area contributed by atoms with Gasteiger partial charge in [0.25, 0.3) is 5.91 Å². The molecule has 1 atom stereocenters. The van der Waals surface area contributed by atoms with E-state index in [1.54, 1.807) is 43.8 Å². The Morgan fingerprint density at radius 3 is 2.74 bits per heavy atom. The third-order valence-corrected chi connectivity index (χ3v) is 6.78. The lowest BCUT2D eigenvalue weighted by Crippen LogP contribution is -2.37. The van der Waals surface area contributed by atoms with Crippen LogP contribution in [0.5, 0.6) is 17.2 Å². The minimum Gasteiger partial charge on any atom is -0.497 e. The minimum atomic E-state index is -0.0981. The van der Waals surface area contributed by atoms with E-state index < -0.39 is 0 Å². The van der Waals surface area contributed by atoms with Crippen molar-refractivity contribution in [2.75, 3.05) is 34.0 Å². The first kappa shape index (κ1) is 24.1. The summed E-state index contributed by atoms with van der Waals surface area (Å²) in [6.45, 7) is 2.34. The molecule has 180 valence electrons. The first-order valence-corrected chi connectivity index (χ1v) is 12.4. The van der Waals surface area contributed by atoms with Gasteiger partial charge in [0.15, 0.2) is 0 Å². The fourth-order valence-corrected chi connectivity index (χ4v) is 4.77. The van der Waals surface area contributed by atoms with Crippen LogP contribution in [0.2, 0.25) is 0 Å². The summed E-state index contributed by atoms with van der Waals surface area (Å²) in [7, 11) is 3.16. The van der Waals surface area contributed by atoms with E-state index in [0.29, 0.717) is 36.8 Å². The molecule has 0 bridgehead atoms. The predicted octanol–water partition coefficient (Wildman–Crippen LogP) is 5.21. The fourth-order valence-electron chi connectivity index (χ4n) is 4.08. The molecule has 4 rings (SSSR count). The van der Waals surface area contributed by atoms with Crippen molar-refractivity contribution in [3.63, 3.8) is 0 Å². The van der Waals surface area contributed by atoms with Crippen molar-refractivity contribution in [2.45, 2.75) is 31.9 Å². The molecule has 1 aromatic heterocycles. The molecule has 6 nitrogen and oxygen atoms in total. The highest BCUT2D eigenvalue weighted by Gasteiger charge is 2.26. The molecule has 2 heterocycles. The maximum absolute atomic E-state index is 13.6. The lowest BCUT2D eigenvalue weighted by molar-refractivity contribution is 0.0504. The van der Waals surface area contributed by atoms with Crippen molar-refractivity contribution < 1.29 is 23.7 Å². The Kier molecular flexibility index (Phi) is 8.44. The average Bonchev–Trinajstić information content (AvgIpc) is 3.58. The van der Waals surface area contributed by atoms with Crippen LogP contribution in [0.15, 0.2) is 60.0 Å². The summed E-state index contributed by atoms with van der Waals surface area (Å²) >= 11 is 1.74. The van der Waals surface area contributed by atoms with Gasteiger partial charge in [0.05, 0.1) is 32.5 Å². The molecule has 0 aliphatic carbocycles. The van der Waals surface area contributed by atoms with Crippen LogP contribution in [0, 0.1) is 0 Å². The van der Waals surface area contributed by atoms with Crippen LogP contribution >= 0.6 is 11.3 Å². The molecule has 0 N–H and O–H groups in total. The van der Waals surface area contributed by atoms with Gasteiger partial charge in [-0.05, 0) is 54.1 Å². The van der Waals surface area contributed by atoms with Gasteiger partial charge in [-0.25, -0.2) is 0 Å². The number of hydrogen-bond donors (Lipinski definition) is 0. The summed E-state index contributed by atoms with van der Waals surface area (Å²) in [6.07, 6.45) is 2.89. The Bertz CT molecular complexity index is 1060.